The highest BCUT2D eigenvalue weighted by Gasteiger charge is 2.29. The Morgan fingerprint density at radius 1 is 0.829 bits per heavy atom. The van der Waals surface area contributed by atoms with Crippen LogP contribution >= 0.6 is 0 Å². The first-order valence-electron chi connectivity index (χ1n) is 11.9. The van der Waals surface area contributed by atoms with Gasteiger partial charge in [0.05, 0.1) is 18.7 Å². The van der Waals surface area contributed by atoms with Crippen LogP contribution in [0, 0.1) is 0 Å². The zero-order valence-electron chi connectivity index (χ0n) is 19.8. The zero-order valence-corrected chi connectivity index (χ0v) is 19.8. The highest BCUT2D eigenvalue weighted by molar-refractivity contribution is 6.07. The number of ether oxygens (including phenoxy) is 2. The van der Waals surface area contributed by atoms with E-state index >= 15 is 0 Å². The van der Waals surface area contributed by atoms with Crippen LogP contribution in [-0.4, -0.2) is 31.2 Å². The van der Waals surface area contributed by atoms with Crippen LogP contribution in [-0.2, 0) is 28.8 Å². The van der Waals surface area contributed by atoms with Gasteiger partial charge in [0.15, 0.2) is 0 Å². The number of hydrogen-bond acceptors (Lipinski definition) is 4. The summed E-state index contributed by atoms with van der Waals surface area (Å²) >= 11 is 0. The normalized spacial score (nSPS) is 12.6. The third kappa shape index (κ3) is 5.26. The highest BCUT2D eigenvalue weighted by Crippen LogP contribution is 2.38. The van der Waals surface area contributed by atoms with Crippen molar-refractivity contribution in [3.8, 4) is 16.9 Å². The molecule has 0 bridgehead atoms. The Morgan fingerprint density at radius 2 is 1.63 bits per heavy atom. The molecule has 5 nitrogen and oxygen atoms in total. The molecule has 0 atom stereocenters. The number of carbonyl (C=O) groups excluding carboxylic acids is 1. The Kier molecular flexibility index (Phi) is 6.87. The van der Waals surface area contributed by atoms with Gasteiger partial charge in [0.1, 0.15) is 12.4 Å². The van der Waals surface area contributed by atoms with Gasteiger partial charge in [0, 0.05) is 30.8 Å². The van der Waals surface area contributed by atoms with E-state index in [9.17, 15) is 4.79 Å². The Labute approximate surface area is 206 Å². The number of hydrogen-bond donors (Lipinski definition) is 0. The van der Waals surface area contributed by atoms with Gasteiger partial charge in [0.2, 0.25) is 5.91 Å². The number of nitrogens with zero attached hydrogens (tertiary/aromatic N) is 2. The van der Waals surface area contributed by atoms with Crippen LogP contribution in [0.1, 0.15) is 16.7 Å². The van der Waals surface area contributed by atoms with Gasteiger partial charge in [-0.15, -0.1) is 0 Å². The monoisotopic (exact) mass is 464 g/mol. The van der Waals surface area contributed by atoms with Gasteiger partial charge in [-0.2, -0.15) is 0 Å². The van der Waals surface area contributed by atoms with E-state index < -0.39 is 0 Å². The van der Waals surface area contributed by atoms with Gasteiger partial charge < -0.3 is 9.47 Å². The fraction of sp³-hybridized carbons (Fsp3) is 0.200. The molecule has 0 saturated carbocycles. The number of pyridine rings is 1. The van der Waals surface area contributed by atoms with Crippen LogP contribution in [0.2, 0.25) is 0 Å². The van der Waals surface area contributed by atoms with E-state index in [1.165, 1.54) is 11.1 Å². The summed E-state index contributed by atoms with van der Waals surface area (Å²) in [5.74, 6) is 0.824. The summed E-state index contributed by atoms with van der Waals surface area (Å²) in [4.78, 5) is 19.2. The fourth-order valence-electron chi connectivity index (χ4n) is 4.41. The van der Waals surface area contributed by atoms with Gasteiger partial charge in [0.25, 0.3) is 0 Å². The largest absolute Gasteiger partial charge is 0.491 e. The number of rotatable bonds is 9. The minimum Gasteiger partial charge on any atom is -0.491 e. The number of methoxy groups -OCH3 is 1. The third-order valence-corrected chi connectivity index (χ3v) is 6.24. The van der Waals surface area contributed by atoms with E-state index in [-0.39, 0.29) is 5.91 Å². The first kappa shape index (κ1) is 22.8. The molecule has 0 spiro atoms. The Bertz CT molecular complexity index is 1300. The number of aryl methyl sites for hydroxylation is 2. The molecule has 1 aliphatic rings. The van der Waals surface area contributed by atoms with Crippen molar-refractivity contribution in [1.29, 1.82) is 0 Å². The molecule has 4 aromatic rings. The SMILES string of the molecule is COCCOc1ccc(N2C(=O)Cc3ccc(-c4cncc(CCc5ccccc5)c4)cc32)cc1. The maximum atomic E-state index is 12.9. The van der Waals surface area contributed by atoms with Gasteiger partial charge in [-0.25, -0.2) is 0 Å². The summed E-state index contributed by atoms with van der Waals surface area (Å²) in [6.45, 7) is 1.02. The third-order valence-electron chi connectivity index (χ3n) is 6.24. The number of benzene rings is 3. The lowest BCUT2D eigenvalue weighted by Gasteiger charge is -2.19. The summed E-state index contributed by atoms with van der Waals surface area (Å²) in [6, 6.07) is 26.6. The van der Waals surface area contributed by atoms with Crippen molar-refractivity contribution in [3.63, 3.8) is 0 Å². The van der Waals surface area contributed by atoms with Crippen molar-refractivity contribution < 1.29 is 14.3 Å². The molecule has 0 fully saturated rings. The van der Waals surface area contributed by atoms with Crippen LogP contribution in [0.25, 0.3) is 11.1 Å². The van der Waals surface area contributed by atoms with Crippen LogP contribution < -0.4 is 9.64 Å². The average Bonchev–Trinajstić information content (AvgIpc) is 3.24. The number of amides is 1. The van der Waals surface area contributed by atoms with E-state index in [1.807, 2.05) is 42.7 Å². The van der Waals surface area contributed by atoms with E-state index in [2.05, 4.69) is 53.5 Å². The van der Waals surface area contributed by atoms with Crippen molar-refractivity contribution >= 4 is 17.3 Å². The topological polar surface area (TPSA) is 51.7 Å². The summed E-state index contributed by atoms with van der Waals surface area (Å²) in [5.41, 5.74) is 7.42. The van der Waals surface area contributed by atoms with Crippen molar-refractivity contribution in [2.75, 3.05) is 25.2 Å². The molecule has 0 unspecified atom stereocenters. The molecule has 0 saturated heterocycles. The zero-order chi connectivity index (χ0) is 24.0. The second kappa shape index (κ2) is 10.5. The summed E-state index contributed by atoms with van der Waals surface area (Å²) < 4.78 is 10.7. The molecule has 176 valence electrons. The van der Waals surface area contributed by atoms with Crippen LogP contribution in [0.15, 0.2) is 91.3 Å². The molecule has 1 aliphatic heterocycles. The molecule has 0 radical (unpaired) electrons. The lowest BCUT2D eigenvalue weighted by atomic mass is 10.00. The molecule has 5 rings (SSSR count). The molecule has 5 heteroatoms. The lowest BCUT2D eigenvalue weighted by molar-refractivity contribution is -0.116. The minimum absolute atomic E-state index is 0.0694. The molecule has 1 aromatic heterocycles. The molecule has 2 heterocycles. The van der Waals surface area contributed by atoms with E-state index in [4.69, 9.17) is 9.47 Å². The molecule has 0 N–H and O–H groups in total. The van der Waals surface area contributed by atoms with Gasteiger partial charge in [-0.1, -0.05) is 42.5 Å². The Hall–Kier alpha value is -3.96. The van der Waals surface area contributed by atoms with Crippen LogP contribution in [0.4, 0.5) is 11.4 Å². The van der Waals surface area contributed by atoms with Gasteiger partial charge >= 0.3 is 0 Å². The van der Waals surface area contributed by atoms with Crippen LogP contribution in [0.5, 0.6) is 5.75 Å². The number of anilines is 2. The quantitative estimate of drug-likeness (QED) is 0.295. The van der Waals surface area contributed by atoms with E-state index in [0.29, 0.717) is 19.6 Å². The van der Waals surface area contributed by atoms with Crippen molar-refractivity contribution in [3.05, 3.63) is 108 Å². The summed E-state index contributed by atoms with van der Waals surface area (Å²) in [5, 5.41) is 0. The Balaban J connectivity index is 1.36. The number of carbonyl (C=O) groups is 1. The smallest absolute Gasteiger partial charge is 0.236 e. The van der Waals surface area contributed by atoms with Crippen LogP contribution in [0.3, 0.4) is 0 Å². The average molecular weight is 465 g/mol. The molecule has 35 heavy (non-hydrogen) atoms. The molecular formula is C30H28N2O3. The number of fused-ring (bicyclic) bond motifs is 1. The molecule has 3 aromatic carbocycles. The minimum atomic E-state index is 0.0694. The fourth-order valence-corrected chi connectivity index (χ4v) is 4.41. The molecular weight excluding hydrogens is 436 g/mol. The standard InChI is InChI=1S/C30H28N2O3/c1-34-15-16-35-28-13-11-27(12-14-28)32-29-18-24(9-10-25(29)19-30(32)33)26-17-23(20-31-21-26)8-7-22-5-3-2-4-6-22/h2-6,9-14,17-18,20-21H,7-8,15-16,19H2,1H3. The maximum absolute atomic E-state index is 12.9. The van der Waals surface area contributed by atoms with Crippen molar-refractivity contribution in [1.82, 2.24) is 4.98 Å². The predicted octanol–water partition coefficient (Wildman–Crippen LogP) is 5.78. The lowest BCUT2D eigenvalue weighted by Crippen LogP contribution is -2.20. The van der Waals surface area contributed by atoms with Gasteiger partial charge in [-0.05, 0) is 71.5 Å². The first-order chi connectivity index (χ1) is 17.2. The van der Waals surface area contributed by atoms with Crippen molar-refractivity contribution in [2.45, 2.75) is 19.3 Å². The summed E-state index contributed by atoms with van der Waals surface area (Å²) in [6.07, 6.45) is 6.13. The second-order valence-electron chi connectivity index (χ2n) is 8.65. The molecule has 1 amide bonds. The maximum Gasteiger partial charge on any atom is 0.236 e. The molecule has 0 aliphatic carbocycles. The first-order valence-corrected chi connectivity index (χ1v) is 11.9. The van der Waals surface area contributed by atoms with E-state index in [0.717, 1.165) is 46.7 Å². The highest BCUT2D eigenvalue weighted by atomic mass is 16.5. The second-order valence-corrected chi connectivity index (χ2v) is 8.65. The van der Waals surface area contributed by atoms with Gasteiger partial charge in [-0.3, -0.25) is 14.7 Å². The number of aromatic nitrogens is 1. The van der Waals surface area contributed by atoms with E-state index in [1.54, 1.807) is 12.0 Å². The predicted molar refractivity (Wildman–Crippen MR) is 138 cm³/mol. The Morgan fingerprint density at radius 3 is 2.43 bits per heavy atom. The summed E-state index contributed by atoms with van der Waals surface area (Å²) in [7, 11) is 1.65. The van der Waals surface area contributed by atoms with Crippen molar-refractivity contribution in [2.24, 2.45) is 0 Å².